The predicted octanol–water partition coefficient (Wildman–Crippen LogP) is 4.02. The van der Waals surface area contributed by atoms with Gasteiger partial charge in [0.2, 0.25) is 0 Å². The third kappa shape index (κ3) is 2.17. The maximum absolute atomic E-state index is 12.5. The second-order valence-corrected chi connectivity index (χ2v) is 5.73. The second kappa shape index (κ2) is 4.88. The summed E-state index contributed by atoms with van der Waals surface area (Å²) < 4.78 is 6.02. The Morgan fingerprint density at radius 2 is 1.67 bits per heavy atom. The van der Waals surface area contributed by atoms with Gasteiger partial charge in [0.15, 0.2) is 5.78 Å². The minimum absolute atomic E-state index is 0.236. The standard InChI is InChI=1S/C19H16O2/c20-17-11-15(13-6-2-1-3-7-13)12-19-16(17)10-14-8-4-5-9-18(14)21-19/h1-9,15H,10-12H2. The molecule has 1 aliphatic heterocycles. The molecule has 21 heavy (non-hydrogen) atoms. The van der Waals surface area contributed by atoms with Crippen LogP contribution in [0.4, 0.5) is 0 Å². The Hall–Kier alpha value is -2.35. The summed E-state index contributed by atoms with van der Waals surface area (Å²) in [7, 11) is 0. The topological polar surface area (TPSA) is 26.3 Å². The molecule has 0 amide bonds. The first-order valence-corrected chi connectivity index (χ1v) is 7.37. The third-order valence-electron chi connectivity index (χ3n) is 4.38. The van der Waals surface area contributed by atoms with E-state index in [1.54, 1.807) is 0 Å². The number of rotatable bonds is 1. The van der Waals surface area contributed by atoms with E-state index in [1.165, 1.54) is 5.56 Å². The van der Waals surface area contributed by atoms with Crippen LogP contribution in [0, 0.1) is 0 Å². The first-order valence-electron chi connectivity index (χ1n) is 7.37. The fraction of sp³-hybridized carbons (Fsp3) is 0.211. The number of fused-ring (bicyclic) bond motifs is 1. The number of carbonyl (C=O) groups is 1. The Morgan fingerprint density at radius 1 is 0.905 bits per heavy atom. The molecule has 2 aromatic rings. The Morgan fingerprint density at radius 3 is 2.52 bits per heavy atom. The van der Waals surface area contributed by atoms with Gasteiger partial charge in [-0.15, -0.1) is 0 Å². The van der Waals surface area contributed by atoms with Crippen LogP contribution in [0.15, 0.2) is 65.9 Å². The van der Waals surface area contributed by atoms with Crippen LogP contribution in [0.1, 0.15) is 29.9 Å². The van der Waals surface area contributed by atoms with Gasteiger partial charge in [0.25, 0.3) is 0 Å². The maximum Gasteiger partial charge on any atom is 0.163 e. The summed E-state index contributed by atoms with van der Waals surface area (Å²) in [5, 5.41) is 0. The maximum atomic E-state index is 12.5. The van der Waals surface area contributed by atoms with Gasteiger partial charge in [-0.1, -0.05) is 48.5 Å². The smallest absolute Gasteiger partial charge is 0.163 e. The second-order valence-electron chi connectivity index (χ2n) is 5.73. The van der Waals surface area contributed by atoms with Gasteiger partial charge in [0.1, 0.15) is 11.5 Å². The van der Waals surface area contributed by atoms with Crippen LogP contribution in [0.2, 0.25) is 0 Å². The monoisotopic (exact) mass is 276 g/mol. The SMILES string of the molecule is O=C1CC(c2ccccc2)CC2=C1Cc1ccccc1O2. The predicted molar refractivity (Wildman–Crippen MR) is 81.2 cm³/mol. The van der Waals surface area contributed by atoms with E-state index >= 15 is 0 Å². The van der Waals surface area contributed by atoms with Crippen molar-refractivity contribution >= 4 is 5.78 Å². The van der Waals surface area contributed by atoms with Gasteiger partial charge >= 0.3 is 0 Å². The molecule has 2 heteroatoms. The van der Waals surface area contributed by atoms with E-state index in [9.17, 15) is 4.79 Å². The highest BCUT2D eigenvalue weighted by atomic mass is 16.5. The number of para-hydroxylation sites is 1. The Bertz CT molecular complexity index is 728. The van der Waals surface area contributed by atoms with E-state index < -0.39 is 0 Å². The van der Waals surface area contributed by atoms with Crippen molar-refractivity contribution in [2.24, 2.45) is 0 Å². The summed E-state index contributed by atoms with van der Waals surface area (Å²) in [5.74, 6) is 2.25. The van der Waals surface area contributed by atoms with Crippen molar-refractivity contribution in [2.75, 3.05) is 0 Å². The summed E-state index contributed by atoms with van der Waals surface area (Å²) in [5.41, 5.74) is 3.21. The van der Waals surface area contributed by atoms with Gasteiger partial charge in [-0.2, -0.15) is 0 Å². The van der Waals surface area contributed by atoms with E-state index in [2.05, 4.69) is 12.1 Å². The van der Waals surface area contributed by atoms with Gasteiger partial charge in [0, 0.05) is 24.8 Å². The van der Waals surface area contributed by atoms with Gasteiger partial charge < -0.3 is 4.74 Å². The van der Waals surface area contributed by atoms with Crippen molar-refractivity contribution in [3.8, 4) is 5.75 Å². The average molecular weight is 276 g/mol. The molecule has 1 unspecified atom stereocenters. The highest BCUT2D eigenvalue weighted by Crippen LogP contribution is 2.40. The van der Waals surface area contributed by atoms with Crippen LogP contribution in [0.5, 0.6) is 5.75 Å². The molecule has 0 aromatic heterocycles. The van der Waals surface area contributed by atoms with Crippen molar-refractivity contribution in [3.05, 3.63) is 77.1 Å². The molecular formula is C19H16O2. The molecule has 1 atom stereocenters. The highest BCUT2D eigenvalue weighted by Gasteiger charge is 2.32. The molecule has 0 saturated heterocycles. The lowest BCUT2D eigenvalue weighted by molar-refractivity contribution is -0.116. The molecule has 0 radical (unpaired) electrons. The van der Waals surface area contributed by atoms with E-state index in [0.29, 0.717) is 12.8 Å². The summed E-state index contributed by atoms with van der Waals surface area (Å²) in [4.78, 5) is 12.5. The summed E-state index contributed by atoms with van der Waals surface area (Å²) >= 11 is 0. The number of carbonyl (C=O) groups excluding carboxylic acids is 1. The third-order valence-corrected chi connectivity index (χ3v) is 4.38. The molecule has 104 valence electrons. The normalized spacial score (nSPS) is 20.6. The van der Waals surface area contributed by atoms with E-state index in [4.69, 9.17) is 4.74 Å². The average Bonchev–Trinajstić information content (AvgIpc) is 2.54. The molecule has 0 bridgehead atoms. The molecule has 1 heterocycles. The highest BCUT2D eigenvalue weighted by molar-refractivity contribution is 5.98. The van der Waals surface area contributed by atoms with Gasteiger partial charge in [-0.3, -0.25) is 4.79 Å². The van der Waals surface area contributed by atoms with E-state index in [-0.39, 0.29) is 11.7 Å². The number of benzene rings is 2. The van der Waals surface area contributed by atoms with Crippen LogP contribution >= 0.6 is 0 Å². The van der Waals surface area contributed by atoms with Gasteiger partial charge in [-0.25, -0.2) is 0 Å². The minimum Gasteiger partial charge on any atom is -0.461 e. The zero-order chi connectivity index (χ0) is 14.2. The molecule has 0 fully saturated rings. The fourth-order valence-corrected chi connectivity index (χ4v) is 3.26. The van der Waals surface area contributed by atoms with Gasteiger partial charge in [0.05, 0.1) is 0 Å². The van der Waals surface area contributed by atoms with E-state index in [0.717, 1.165) is 29.1 Å². The van der Waals surface area contributed by atoms with Crippen LogP contribution in [0.3, 0.4) is 0 Å². The van der Waals surface area contributed by atoms with Crippen LogP contribution in [0.25, 0.3) is 0 Å². The molecular weight excluding hydrogens is 260 g/mol. The molecule has 4 rings (SSSR count). The quantitative estimate of drug-likeness (QED) is 0.786. The Balaban J connectivity index is 1.67. The molecule has 0 saturated carbocycles. The number of hydrogen-bond acceptors (Lipinski definition) is 2. The first-order chi connectivity index (χ1) is 10.3. The lowest BCUT2D eigenvalue weighted by Crippen LogP contribution is -2.25. The van der Waals surface area contributed by atoms with Crippen molar-refractivity contribution < 1.29 is 9.53 Å². The van der Waals surface area contributed by atoms with Crippen molar-refractivity contribution in [1.82, 2.24) is 0 Å². The minimum atomic E-state index is 0.236. The summed E-state index contributed by atoms with van der Waals surface area (Å²) in [6, 6.07) is 18.2. The summed E-state index contributed by atoms with van der Waals surface area (Å²) in [6.07, 6.45) is 2.12. The van der Waals surface area contributed by atoms with Crippen molar-refractivity contribution in [2.45, 2.75) is 25.2 Å². The zero-order valence-corrected chi connectivity index (χ0v) is 11.7. The zero-order valence-electron chi connectivity index (χ0n) is 11.7. The van der Waals surface area contributed by atoms with Crippen LogP contribution in [-0.4, -0.2) is 5.78 Å². The first kappa shape index (κ1) is 12.4. The van der Waals surface area contributed by atoms with Crippen LogP contribution in [-0.2, 0) is 11.2 Å². The molecule has 0 spiro atoms. The molecule has 1 aliphatic carbocycles. The van der Waals surface area contributed by atoms with E-state index in [1.807, 2.05) is 42.5 Å². The number of ether oxygens (including phenoxy) is 1. The Kier molecular flexibility index (Phi) is 2.88. The lowest BCUT2D eigenvalue weighted by Gasteiger charge is -2.30. The molecule has 0 N–H and O–H groups in total. The van der Waals surface area contributed by atoms with Crippen LogP contribution < -0.4 is 4.74 Å². The molecule has 2 aromatic carbocycles. The summed E-state index contributed by atoms with van der Waals surface area (Å²) in [6.45, 7) is 0. The van der Waals surface area contributed by atoms with Gasteiger partial charge in [-0.05, 0) is 23.1 Å². The van der Waals surface area contributed by atoms with Crippen molar-refractivity contribution in [1.29, 1.82) is 0 Å². The number of allylic oxidation sites excluding steroid dienone is 2. The number of ketones is 1. The molecule has 2 aliphatic rings. The fourth-order valence-electron chi connectivity index (χ4n) is 3.26. The number of hydrogen-bond donors (Lipinski definition) is 0. The number of Topliss-reactive ketones (excluding diaryl/α,β-unsaturated/α-hetero) is 1. The largest absolute Gasteiger partial charge is 0.461 e. The Labute approximate surface area is 124 Å². The molecule has 2 nitrogen and oxygen atoms in total. The lowest BCUT2D eigenvalue weighted by atomic mass is 9.80. The van der Waals surface area contributed by atoms with Crippen molar-refractivity contribution in [3.63, 3.8) is 0 Å².